The van der Waals surface area contributed by atoms with Crippen molar-refractivity contribution in [3.63, 3.8) is 0 Å². The van der Waals surface area contributed by atoms with Crippen molar-refractivity contribution in [1.29, 1.82) is 0 Å². The average molecular weight is 561 g/mol. The molecule has 1 aliphatic rings. The molecule has 1 fully saturated rings. The van der Waals surface area contributed by atoms with E-state index in [4.69, 9.17) is 9.26 Å². The van der Waals surface area contributed by atoms with Crippen LogP contribution in [0, 0.1) is 11.7 Å². The summed E-state index contributed by atoms with van der Waals surface area (Å²) in [4.78, 5) is 4.64. The Bertz CT molecular complexity index is 1270. The number of ether oxygens (including phenoxy) is 1. The maximum atomic E-state index is 13.3. The summed E-state index contributed by atoms with van der Waals surface area (Å²) >= 11 is 0. The number of aryl methyl sites for hydroxylation is 1. The summed E-state index contributed by atoms with van der Waals surface area (Å²) in [6, 6.07) is 20.8. The molecule has 204 valence electrons. The van der Waals surface area contributed by atoms with E-state index in [9.17, 15) is 4.39 Å². The summed E-state index contributed by atoms with van der Waals surface area (Å²) in [6.07, 6.45) is 4.49. The molecule has 0 aliphatic carbocycles. The number of rotatable bonds is 9. The second-order valence-electron chi connectivity index (χ2n) is 10.1. The van der Waals surface area contributed by atoms with Gasteiger partial charge in [0.15, 0.2) is 5.58 Å². The fourth-order valence-corrected chi connectivity index (χ4v) is 5.08. The van der Waals surface area contributed by atoms with E-state index >= 15 is 0 Å². The molecular weight excluding hydrogens is 524 g/mol. The number of likely N-dealkylation sites (tertiary alicyclic amines) is 1. The van der Waals surface area contributed by atoms with E-state index in [1.807, 2.05) is 26.2 Å². The largest absolute Gasteiger partial charge is 0.457 e. The zero-order valence-electron chi connectivity index (χ0n) is 21.9. The molecule has 5 nitrogen and oxygen atoms in total. The van der Waals surface area contributed by atoms with Crippen molar-refractivity contribution in [2.24, 2.45) is 5.92 Å². The number of fused-ring (bicyclic) bond motifs is 1. The monoisotopic (exact) mass is 559 g/mol. The highest BCUT2D eigenvalue weighted by Crippen LogP contribution is 2.35. The van der Waals surface area contributed by atoms with Gasteiger partial charge in [-0.05, 0) is 101 Å². The summed E-state index contributed by atoms with van der Waals surface area (Å²) < 4.78 is 25.3. The number of nitrogens with zero attached hydrogens (tertiary/aromatic N) is 3. The van der Waals surface area contributed by atoms with Gasteiger partial charge in [0, 0.05) is 18.5 Å². The molecule has 0 unspecified atom stereocenters. The Labute approximate surface area is 236 Å². The van der Waals surface area contributed by atoms with Gasteiger partial charge in [0.05, 0.1) is 11.3 Å². The summed E-state index contributed by atoms with van der Waals surface area (Å²) in [5.41, 5.74) is 4.14. The van der Waals surface area contributed by atoms with Crippen LogP contribution in [0.2, 0.25) is 0 Å². The van der Waals surface area contributed by atoms with Crippen molar-refractivity contribution in [3.8, 4) is 11.5 Å². The van der Waals surface area contributed by atoms with E-state index in [2.05, 4.69) is 45.3 Å². The van der Waals surface area contributed by atoms with Gasteiger partial charge < -0.3 is 14.2 Å². The molecule has 1 aromatic heterocycles. The van der Waals surface area contributed by atoms with Crippen LogP contribution in [0.4, 0.5) is 4.39 Å². The quantitative estimate of drug-likeness (QED) is 0.212. The number of hydrogen-bond acceptors (Lipinski definition) is 5. The summed E-state index contributed by atoms with van der Waals surface area (Å²) in [5.74, 6) is 1.73. The molecule has 0 atom stereocenters. The lowest BCUT2D eigenvalue weighted by molar-refractivity contribution is 0.172. The highest BCUT2D eigenvalue weighted by molar-refractivity contribution is 5.86. The van der Waals surface area contributed by atoms with Crippen molar-refractivity contribution >= 4 is 35.8 Å². The van der Waals surface area contributed by atoms with Crippen molar-refractivity contribution < 1.29 is 13.7 Å². The van der Waals surface area contributed by atoms with Crippen LogP contribution in [0.25, 0.3) is 11.0 Å². The fraction of sp³-hybridized carbons (Fsp3) is 0.367. The zero-order valence-corrected chi connectivity index (χ0v) is 23.6. The van der Waals surface area contributed by atoms with E-state index in [1.54, 1.807) is 12.1 Å². The molecule has 38 heavy (non-hydrogen) atoms. The van der Waals surface area contributed by atoms with Gasteiger partial charge >= 0.3 is 0 Å². The van der Waals surface area contributed by atoms with Crippen LogP contribution in [0.5, 0.6) is 11.5 Å². The van der Waals surface area contributed by atoms with Crippen molar-refractivity contribution in [3.05, 3.63) is 89.4 Å². The molecule has 0 spiro atoms. The number of benzene rings is 3. The summed E-state index contributed by atoms with van der Waals surface area (Å²) in [5, 5.41) is 5.52. The molecule has 0 amide bonds. The van der Waals surface area contributed by atoms with E-state index in [1.165, 1.54) is 30.5 Å². The first kappa shape index (κ1) is 29.9. The Hall–Kier alpha value is -2.64. The maximum Gasteiger partial charge on any atom is 0.175 e. The summed E-state index contributed by atoms with van der Waals surface area (Å²) in [6.45, 7) is 3.99. The average Bonchev–Trinajstić information content (AvgIpc) is 3.30. The molecule has 1 saturated heterocycles. The third kappa shape index (κ3) is 7.48. The predicted molar refractivity (Wildman–Crippen MR) is 155 cm³/mol. The molecule has 3 aromatic carbocycles. The molecule has 1 aliphatic heterocycles. The molecule has 8 heteroatoms. The van der Waals surface area contributed by atoms with Crippen molar-refractivity contribution in [1.82, 2.24) is 15.0 Å². The first-order chi connectivity index (χ1) is 17.5. The zero-order chi connectivity index (χ0) is 24.9. The minimum Gasteiger partial charge on any atom is -0.457 e. The SMILES string of the molecule is CN(C)Cc1c(Oc2ccc(F)cc2)ccc2c(CCC3CCN(Cc4ccccc4)CC3)noc12.Cl.Cl. The van der Waals surface area contributed by atoms with E-state index < -0.39 is 0 Å². The van der Waals surface area contributed by atoms with Crippen molar-refractivity contribution in [2.45, 2.75) is 38.8 Å². The minimum absolute atomic E-state index is 0. The Balaban J connectivity index is 0.00000200. The topological polar surface area (TPSA) is 41.7 Å². The van der Waals surface area contributed by atoms with Gasteiger partial charge in [-0.1, -0.05) is 35.5 Å². The second-order valence-corrected chi connectivity index (χ2v) is 10.1. The second kappa shape index (κ2) is 13.9. The van der Waals surface area contributed by atoms with Gasteiger partial charge in [-0.15, -0.1) is 24.8 Å². The predicted octanol–water partition coefficient (Wildman–Crippen LogP) is 7.51. The van der Waals surface area contributed by atoms with Gasteiger partial charge in [-0.3, -0.25) is 4.90 Å². The molecule has 4 aromatic rings. The fourth-order valence-electron chi connectivity index (χ4n) is 5.08. The van der Waals surface area contributed by atoms with Crippen LogP contribution in [-0.2, 0) is 19.5 Å². The molecule has 0 N–H and O–H groups in total. The Morgan fingerprint density at radius 3 is 2.37 bits per heavy atom. The normalized spacial score (nSPS) is 14.3. The van der Waals surface area contributed by atoms with Crippen LogP contribution in [0.1, 0.15) is 36.1 Å². The first-order valence-corrected chi connectivity index (χ1v) is 12.8. The van der Waals surface area contributed by atoms with Gasteiger partial charge in [-0.25, -0.2) is 4.39 Å². The van der Waals surface area contributed by atoms with Crippen LogP contribution >= 0.6 is 24.8 Å². The van der Waals surface area contributed by atoms with Crippen LogP contribution in [-0.4, -0.2) is 42.1 Å². The van der Waals surface area contributed by atoms with Gasteiger partial charge in [0.25, 0.3) is 0 Å². The van der Waals surface area contributed by atoms with Gasteiger partial charge in [-0.2, -0.15) is 0 Å². The maximum absolute atomic E-state index is 13.3. The highest BCUT2D eigenvalue weighted by Gasteiger charge is 2.22. The lowest BCUT2D eigenvalue weighted by Crippen LogP contribution is -2.33. The molecule has 5 rings (SSSR count). The highest BCUT2D eigenvalue weighted by atomic mass is 35.5. The van der Waals surface area contributed by atoms with Gasteiger partial charge in [0.2, 0.25) is 0 Å². The summed E-state index contributed by atoms with van der Waals surface area (Å²) in [7, 11) is 4.03. The molecule has 0 bridgehead atoms. The van der Waals surface area contributed by atoms with E-state index in [0.29, 0.717) is 24.0 Å². The number of halogens is 3. The lowest BCUT2D eigenvalue weighted by atomic mass is 9.91. The molecule has 0 radical (unpaired) electrons. The number of piperidine rings is 1. The Morgan fingerprint density at radius 2 is 1.68 bits per heavy atom. The third-order valence-electron chi connectivity index (χ3n) is 7.04. The minimum atomic E-state index is -0.284. The first-order valence-electron chi connectivity index (χ1n) is 12.8. The van der Waals surface area contributed by atoms with Crippen LogP contribution in [0.3, 0.4) is 0 Å². The standard InChI is InChI=1S/C30H34FN3O2.2ClH/c1-33(2)21-27-29(35-25-11-9-24(31)10-12-25)15-13-26-28(32-36-30(26)27)14-8-22-16-18-34(19-17-22)20-23-6-4-3-5-7-23;;/h3-7,9-13,15,22H,8,14,16-21H2,1-2H3;2*1H. The third-order valence-corrected chi connectivity index (χ3v) is 7.04. The molecule has 2 heterocycles. The van der Waals surface area contributed by atoms with Gasteiger partial charge in [0.1, 0.15) is 17.3 Å². The molecule has 0 saturated carbocycles. The molecular formula is C30H36Cl2FN3O2. The van der Waals surface area contributed by atoms with E-state index in [0.717, 1.165) is 54.7 Å². The number of hydrogen-bond donors (Lipinski definition) is 0. The Kier molecular flexibility index (Phi) is 11.0. The van der Waals surface area contributed by atoms with Crippen LogP contribution < -0.4 is 4.74 Å². The van der Waals surface area contributed by atoms with Crippen LogP contribution in [0.15, 0.2) is 71.3 Å². The smallest absolute Gasteiger partial charge is 0.175 e. The van der Waals surface area contributed by atoms with Crippen molar-refractivity contribution in [2.75, 3.05) is 27.2 Å². The van der Waals surface area contributed by atoms with E-state index in [-0.39, 0.29) is 30.6 Å². The lowest BCUT2D eigenvalue weighted by Gasteiger charge is -2.31. The number of aromatic nitrogens is 1. The Morgan fingerprint density at radius 1 is 0.974 bits per heavy atom.